The van der Waals surface area contributed by atoms with Gasteiger partial charge in [0.1, 0.15) is 5.54 Å². The van der Waals surface area contributed by atoms with Gasteiger partial charge in [-0.25, -0.2) is 0 Å². The minimum Gasteiger partial charge on any atom is -0.305 e. The molecule has 0 radical (unpaired) electrons. The van der Waals surface area contributed by atoms with Gasteiger partial charge in [-0.15, -0.1) is 0 Å². The van der Waals surface area contributed by atoms with Crippen LogP contribution in [0.4, 0.5) is 0 Å². The van der Waals surface area contributed by atoms with E-state index >= 15 is 0 Å². The maximum absolute atomic E-state index is 9.34. The molecule has 0 spiro atoms. The number of rotatable bonds is 4. The fraction of sp³-hybridized carbons (Fsp3) is 0.923. The minimum atomic E-state index is -0.433. The molecule has 0 aromatic rings. The van der Waals surface area contributed by atoms with Crippen LogP contribution in [0.25, 0.3) is 0 Å². The molecule has 0 aliphatic carbocycles. The normalized spacial score (nSPS) is 23.1. The lowest BCUT2D eigenvalue weighted by atomic mass is 10.0. The van der Waals surface area contributed by atoms with Gasteiger partial charge < -0.3 is 4.90 Å². The Hall–Kier alpha value is -0.630. The number of nitriles is 1. The molecule has 0 aromatic carbocycles. The van der Waals surface area contributed by atoms with Crippen LogP contribution >= 0.6 is 0 Å². The maximum Gasteiger partial charge on any atom is 0.116 e. The van der Waals surface area contributed by atoms with Crippen LogP contribution in [-0.2, 0) is 0 Å². The first-order valence-corrected chi connectivity index (χ1v) is 6.55. The number of hydrogen-bond donors (Lipinski definition) is 1. The Balaban J connectivity index is 2.53. The van der Waals surface area contributed by atoms with Crippen molar-refractivity contribution >= 4 is 0 Å². The number of nitrogens with zero attached hydrogens (tertiary/aromatic N) is 3. The van der Waals surface area contributed by atoms with E-state index in [9.17, 15) is 5.26 Å². The summed E-state index contributed by atoms with van der Waals surface area (Å²) in [6, 6.07) is 2.76. The number of likely N-dealkylation sites (N-methyl/N-ethyl adjacent to an activating group) is 1. The molecule has 4 heteroatoms. The predicted octanol–water partition coefficient (Wildman–Crippen LogP) is 0.904. The van der Waals surface area contributed by atoms with Crippen molar-refractivity contribution < 1.29 is 0 Å². The van der Waals surface area contributed by atoms with Gasteiger partial charge in [-0.3, -0.25) is 10.2 Å². The molecular weight excluding hydrogens is 212 g/mol. The first-order chi connectivity index (χ1) is 7.95. The molecule has 0 aromatic heterocycles. The molecule has 1 saturated heterocycles. The predicted molar refractivity (Wildman–Crippen MR) is 70.8 cm³/mol. The van der Waals surface area contributed by atoms with Crippen LogP contribution in [0.3, 0.4) is 0 Å². The van der Waals surface area contributed by atoms with Gasteiger partial charge in [0.25, 0.3) is 0 Å². The average molecular weight is 238 g/mol. The molecule has 1 rings (SSSR count). The number of hydrogen-bond acceptors (Lipinski definition) is 4. The molecule has 1 aliphatic rings. The summed E-state index contributed by atoms with van der Waals surface area (Å²) in [5.74, 6) is 0. The van der Waals surface area contributed by atoms with E-state index in [0.717, 1.165) is 32.7 Å². The van der Waals surface area contributed by atoms with E-state index in [-0.39, 0.29) is 0 Å². The van der Waals surface area contributed by atoms with Gasteiger partial charge >= 0.3 is 0 Å². The monoisotopic (exact) mass is 238 g/mol. The van der Waals surface area contributed by atoms with Crippen LogP contribution in [-0.4, -0.2) is 61.2 Å². The summed E-state index contributed by atoms with van der Waals surface area (Å²) >= 11 is 0. The van der Waals surface area contributed by atoms with Crippen molar-refractivity contribution in [1.82, 2.24) is 15.1 Å². The fourth-order valence-corrected chi connectivity index (χ4v) is 2.46. The topological polar surface area (TPSA) is 42.3 Å². The van der Waals surface area contributed by atoms with Crippen LogP contribution in [0, 0.1) is 11.3 Å². The van der Waals surface area contributed by atoms with E-state index < -0.39 is 5.54 Å². The molecule has 0 bridgehead atoms. The maximum atomic E-state index is 9.34. The van der Waals surface area contributed by atoms with E-state index in [0.29, 0.717) is 6.04 Å². The Bertz CT molecular complexity index is 271. The Labute approximate surface area is 106 Å². The SMILES string of the molecule is CC(C)NC(C)(C#N)CN1CCCN(C)CC1. The van der Waals surface area contributed by atoms with Crippen LogP contribution in [0.2, 0.25) is 0 Å². The van der Waals surface area contributed by atoms with Crippen molar-refractivity contribution in [3.63, 3.8) is 0 Å². The molecule has 4 nitrogen and oxygen atoms in total. The van der Waals surface area contributed by atoms with Crippen LogP contribution in [0.15, 0.2) is 0 Å². The van der Waals surface area contributed by atoms with Crippen LogP contribution in [0.5, 0.6) is 0 Å². The highest BCUT2D eigenvalue weighted by Gasteiger charge is 2.28. The standard InChI is InChI=1S/C13H26N4/c1-12(2)15-13(3,10-14)11-17-7-5-6-16(4)8-9-17/h12,15H,5-9,11H2,1-4H3. The van der Waals surface area contributed by atoms with Gasteiger partial charge in [0.15, 0.2) is 0 Å². The summed E-state index contributed by atoms with van der Waals surface area (Å²) in [5.41, 5.74) is -0.433. The highest BCUT2D eigenvalue weighted by Crippen LogP contribution is 2.10. The molecule has 0 saturated carbocycles. The second-order valence-corrected chi connectivity index (χ2v) is 5.68. The Kier molecular flexibility index (Phi) is 5.38. The molecule has 98 valence electrons. The van der Waals surface area contributed by atoms with Gasteiger partial charge in [-0.1, -0.05) is 0 Å². The van der Waals surface area contributed by atoms with Gasteiger partial charge in [0.05, 0.1) is 6.07 Å². The average Bonchev–Trinajstić information content (AvgIpc) is 2.43. The van der Waals surface area contributed by atoms with E-state index in [2.05, 4.69) is 42.1 Å². The molecule has 1 atom stereocenters. The minimum absolute atomic E-state index is 0.342. The van der Waals surface area contributed by atoms with Crippen molar-refractivity contribution in [2.45, 2.75) is 38.8 Å². The zero-order chi connectivity index (χ0) is 12.9. The van der Waals surface area contributed by atoms with E-state index in [1.807, 2.05) is 6.92 Å². The third-order valence-electron chi connectivity index (χ3n) is 3.21. The Morgan fingerprint density at radius 1 is 1.29 bits per heavy atom. The second-order valence-electron chi connectivity index (χ2n) is 5.68. The van der Waals surface area contributed by atoms with Crippen molar-refractivity contribution in [3.8, 4) is 6.07 Å². The van der Waals surface area contributed by atoms with E-state index in [1.165, 1.54) is 6.42 Å². The largest absolute Gasteiger partial charge is 0.305 e. The third kappa shape index (κ3) is 5.03. The summed E-state index contributed by atoms with van der Waals surface area (Å²) < 4.78 is 0. The van der Waals surface area contributed by atoms with Crippen LogP contribution in [0.1, 0.15) is 27.2 Å². The van der Waals surface area contributed by atoms with Gasteiger partial charge in [-0.2, -0.15) is 5.26 Å². The van der Waals surface area contributed by atoms with Crippen molar-refractivity contribution in [3.05, 3.63) is 0 Å². The van der Waals surface area contributed by atoms with Crippen LogP contribution < -0.4 is 5.32 Å². The van der Waals surface area contributed by atoms with Crippen molar-refractivity contribution in [1.29, 1.82) is 5.26 Å². The quantitative estimate of drug-likeness (QED) is 0.790. The third-order valence-corrected chi connectivity index (χ3v) is 3.21. The summed E-state index contributed by atoms with van der Waals surface area (Å²) in [4.78, 5) is 4.77. The molecule has 1 unspecified atom stereocenters. The first kappa shape index (κ1) is 14.4. The fourth-order valence-electron chi connectivity index (χ4n) is 2.46. The van der Waals surface area contributed by atoms with E-state index in [1.54, 1.807) is 0 Å². The van der Waals surface area contributed by atoms with Gasteiger partial charge in [-0.05, 0) is 47.3 Å². The lowest BCUT2D eigenvalue weighted by molar-refractivity contribution is 0.218. The second kappa shape index (κ2) is 6.34. The highest BCUT2D eigenvalue weighted by molar-refractivity contribution is 5.06. The molecular formula is C13H26N4. The molecule has 1 aliphatic heterocycles. The zero-order valence-electron chi connectivity index (χ0n) is 11.7. The van der Waals surface area contributed by atoms with Gasteiger partial charge in [0.2, 0.25) is 0 Å². The summed E-state index contributed by atoms with van der Waals surface area (Å²) in [5, 5.41) is 12.7. The highest BCUT2D eigenvalue weighted by atomic mass is 15.2. The molecule has 1 heterocycles. The molecule has 1 N–H and O–H groups in total. The lowest BCUT2D eigenvalue weighted by Gasteiger charge is -2.32. The molecule has 17 heavy (non-hydrogen) atoms. The van der Waals surface area contributed by atoms with Gasteiger partial charge in [0, 0.05) is 25.7 Å². The smallest absolute Gasteiger partial charge is 0.116 e. The van der Waals surface area contributed by atoms with E-state index in [4.69, 9.17) is 0 Å². The summed E-state index contributed by atoms with van der Waals surface area (Å²) in [6.07, 6.45) is 1.19. The number of nitrogens with one attached hydrogen (secondary N) is 1. The summed E-state index contributed by atoms with van der Waals surface area (Å²) in [6.45, 7) is 11.4. The van der Waals surface area contributed by atoms with Crippen molar-refractivity contribution in [2.75, 3.05) is 39.8 Å². The lowest BCUT2D eigenvalue weighted by Crippen LogP contribution is -2.53. The Morgan fingerprint density at radius 2 is 2.00 bits per heavy atom. The van der Waals surface area contributed by atoms with Crippen molar-refractivity contribution in [2.24, 2.45) is 0 Å². The zero-order valence-corrected chi connectivity index (χ0v) is 11.7. The first-order valence-electron chi connectivity index (χ1n) is 6.55. The Morgan fingerprint density at radius 3 is 2.59 bits per heavy atom. The molecule has 1 fully saturated rings. The molecule has 0 amide bonds. The summed E-state index contributed by atoms with van der Waals surface area (Å²) in [7, 11) is 2.17.